The molecule has 3 heterocycles. The Hall–Kier alpha value is -1.60. The minimum atomic E-state index is -3.63. The van der Waals surface area contributed by atoms with Crippen molar-refractivity contribution in [2.75, 3.05) is 6.54 Å². The summed E-state index contributed by atoms with van der Waals surface area (Å²) >= 11 is 0. The van der Waals surface area contributed by atoms with Crippen LogP contribution in [0.2, 0.25) is 0 Å². The van der Waals surface area contributed by atoms with Crippen molar-refractivity contribution in [3.05, 3.63) is 35.5 Å². The lowest BCUT2D eigenvalue weighted by molar-refractivity contribution is 0.317. The Balaban J connectivity index is 2.08. The zero-order chi connectivity index (χ0) is 16.6. The predicted octanol–water partition coefficient (Wildman–Crippen LogP) is 2.94. The van der Waals surface area contributed by atoms with Crippen LogP contribution in [-0.4, -0.2) is 29.0 Å². The number of rotatable bonds is 3. The molecule has 1 saturated heterocycles. The van der Waals surface area contributed by atoms with Crippen molar-refractivity contribution in [2.45, 2.75) is 50.5 Å². The number of nitrogens with zero attached hydrogens (tertiary/aromatic N) is 3. The minimum absolute atomic E-state index is 0.142. The van der Waals surface area contributed by atoms with Crippen molar-refractivity contribution in [2.24, 2.45) is 7.05 Å². The third kappa shape index (κ3) is 2.83. The van der Waals surface area contributed by atoms with Gasteiger partial charge in [0, 0.05) is 25.5 Å². The second-order valence-electron chi connectivity index (χ2n) is 6.18. The molecule has 0 N–H and O–H groups in total. The Bertz CT molecular complexity index is 772. The number of hydrogen-bond acceptors (Lipinski definition) is 4. The van der Waals surface area contributed by atoms with E-state index in [4.69, 9.17) is 4.52 Å². The normalized spacial score (nSPS) is 20.6. The van der Waals surface area contributed by atoms with E-state index in [9.17, 15) is 8.42 Å². The maximum atomic E-state index is 13.3. The summed E-state index contributed by atoms with van der Waals surface area (Å²) in [6.07, 6.45) is 5.75. The van der Waals surface area contributed by atoms with Gasteiger partial charge in [0.05, 0.1) is 6.04 Å². The molecule has 1 aliphatic heterocycles. The van der Waals surface area contributed by atoms with Gasteiger partial charge in [0.15, 0.2) is 5.76 Å². The SMILES string of the molecule is Cc1noc(C)c1S(=O)(=O)N1CCCCCC1c1cccn1C. The highest BCUT2D eigenvalue weighted by molar-refractivity contribution is 7.89. The number of aryl methyl sites for hydroxylation is 3. The predicted molar refractivity (Wildman–Crippen MR) is 86.5 cm³/mol. The molecule has 1 atom stereocenters. The van der Waals surface area contributed by atoms with Crippen LogP contribution >= 0.6 is 0 Å². The molecule has 0 saturated carbocycles. The van der Waals surface area contributed by atoms with Crippen LogP contribution < -0.4 is 0 Å². The first kappa shape index (κ1) is 16.3. The van der Waals surface area contributed by atoms with Crippen molar-refractivity contribution in [3.8, 4) is 0 Å². The molecule has 1 unspecified atom stereocenters. The van der Waals surface area contributed by atoms with Gasteiger partial charge in [-0.15, -0.1) is 0 Å². The molecule has 0 amide bonds. The Kier molecular flexibility index (Phi) is 4.33. The highest BCUT2D eigenvalue weighted by Gasteiger charge is 2.37. The smallest absolute Gasteiger partial charge is 0.249 e. The van der Waals surface area contributed by atoms with Gasteiger partial charge >= 0.3 is 0 Å². The van der Waals surface area contributed by atoms with E-state index < -0.39 is 10.0 Å². The van der Waals surface area contributed by atoms with Gasteiger partial charge < -0.3 is 9.09 Å². The average molecular weight is 337 g/mol. The van der Waals surface area contributed by atoms with Crippen molar-refractivity contribution in [3.63, 3.8) is 0 Å². The highest BCUT2D eigenvalue weighted by Crippen LogP contribution is 2.36. The van der Waals surface area contributed by atoms with Gasteiger partial charge in [0.25, 0.3) is 0 Å². The van der Waals surface area contributed by atoms with Crippen LogP contribution in [0.15, 0.2) is 27.7 Å². The van der Waals surface area contributed by atoms with Crippen LogP contribution in [0.25, 0.3) is 0 Å². The first-order valence-corrected chi connectivity index (χ1v) is 9.43. The summed E-state index contributed by atoms with van der Waals surface area (Å²) in [5, 5.41) is 3.82. The molecule has 0 aliphatic carbocycles. The number of hydrogen-bond donors (Lipinski definition) is 0. The number of aromatic nitrogens is 2. The van der Waals surface area contributed by atoms with Gasteiger partial charge in [-0.3, -0.25) is 0 Å². The Morgan fingerprint density at radius 2 is 2.04 bits per heavy atom. The maximum Gasteiger partial charge on any atom is 0.249 e. The molecule has 0 aromatic carbocycles. The fourth-order valence-corrected chi connectivity index (χ4v) is 5.41. The van der Waals surface area contributed by atoms with Gasteiger partial charge in [-0.1, -0.05) is 18.0 Å². The van der Waals surface area contributed by atoms with Crippen LogP contribution in [0.1, 0.15) is 48.9 Å². The molecule has 0 bridgehead atoms. The molecular formula is C16H23N3O3S. The standard InChI is InChI=1S/C16H23N3O3S/c1-12-16(13(2)22-17-12)23(20,21)19-11-6-4-5-8-15(19)14-9-7-10-18(14)3/h7,9-10,15H,4-6,8,11H2,1-3H3. The Labute approximate surface area is 137 Å². The molecule has 2 aromatic rings. The lowest BCUT2D eigenvalue weighted by atomic mass is 10.1. The van der Waals surface area contributed by atoms with Gasteiger partial charge in [-0.05, 0) is 38.8 Å². The van der Waals surface area contributed by atoms with E-state index in [0.29, 0.717) is 18.0 Å². The maximum absolute atomic E-state index is 13.3. The van der Waals surface area contributed by atoms with Gasteiger partial charge in [0.2, 0.25) is 10.0 Å². The molecule has 0 radical (unpaired) electrons. The van der Waals surface area contributed by atoms with Gasteiger partial charge in [0.1, 0.15) is 10.6 Å². The van der Waals surface area contributed by atoms with Crippen LogP contribution in [0.4, 0.5) is 0 Å². The van der Waals surface area contributed by atoms with E-state index in [-0.39, 0.29) is 10.9 Å². The molecule has 0 spiro atoms. The lowest BCUT2D eigenvalue weighted by Crippen LogP contribution is -2.36. The van der Waals surface area contributed by atoms with E-state index in [1.807, 2.05) is 29.9 Å². The minimum Gasteiger partial charge on any atom is -0.360 e. The summed E-state index contributed by atoms with van der Waals surface area (Å²) in [5.41, 5.74) is 1.46. The third-order valence-corrected chi connectivity index (χ3v) is 6.72. The van der Waals surface area contributed by atoms with Crippen molar-refractivity contribution in [1.29, 1.82) is 0 Å². The van der Waals surface area contributed by atoms with Gasteiger partial charge in [-0.25, -0.2) is 8.42 Å². The van der Waals surface area contributed by atoms with E-state index in [1.54, 1.807) is 18.2 Å². The summed E-state index contributed by atoms with van der Waals surface area (Å²) < 4.78 is 35.3. The molecule has 126 valence electrons. The first-order chi connectivity index (χ1) is 10.9. The van der Waals surface area contributed by atoms with Crippen LogP contribution in [0.3, 0.4) is 0 Å². The Morgan fingerprint density at radius 3 is 2.65 bits per heavy atom. The van der Waals surface area contributed by atoms with Gasteiger partial charge in [-0.2, -0.15) is 4.31 Å². The summed E-state index contributed by atoms with van der Waals surface area (Å²) in [5.74, 6) is 0.359. The van der Waals surface area contributed by atoms with Crippen molar-refractivity contribution in [1.82, 2.24) is 14.0 Å². The van der Waals surface area contributed by atoms with E-state index in [0.717, 1.165) is 31.4 Å². The average Bonchev–Trinajstić information content (AvgIpc) is 2.96. The molecule has 2 aromatic heterocycles. The third-order valence-electron chi connectivity index (χ3n) is 4.56. The molecule has 3 rings (SSSR count). The fraction of sp³-hybridized carbons (Fsp3) is 0.562. The number of sulfonamides is 1. The van der Waals surface area contributed by atoms with E-state index in [1.165, 1.54) is 0 Å². The second kappa shape index (κ2) is 6.13. The molecular weight excluding hydrogens is 314 g/mol. The monoisotopic (exact) mass is 337 g/mol. The van der Waals surface area contributed by atoms with E-state index >= 15 is 0 Å². The largest absolute Gasteiger partial charge is 0.360 e. The van der Waals surface area contributed by atoms with Crippen LogP contribution in [0.5, 0.6) is 0 Å². The zero-order valence-electron chi connectivity index (χ0n) is 13.8. The lowest BCUT2D eigenvalue weighted by Gasteiger charge is -2.29. The highest BCUT2D eigenvalue weighted by atomic mass is 32.2. The molecule has 6 nitrogen and oxygen atoms in total. The summed E-state index contributed by atoms with van der Waals surface area (Å²) in [4.78, 5) is 0.221. The molecule has 1 fully saturated rings. The van der Waals surface area contributed by atoms with Crippen LogP contribution in [-0.2, 0) is 17.1 Å². The summed E-state index contributed by atoms with van der Waals surface area (Å²) in [6, 6.07) is 3.82. The van der Waals surface area contributed by atoms with Crippen molar-refractivity contribution < 1.29 is 12.9 Å². The van der Waals surface area contributed by atoms with E-state index in [2.05, 4.69) is 5.16 Å². The quantitative estimate of drug-likeness (QED) is 0.863. The summed E-state index contributed by atoms with van der Waals surface area (Å²) in [6.45, 7) is 3.86. The Morgan fingerprint density at radius 1 is 1.26 bits per heavy atom. The molecule has 1 aliphatic rings. The molecule has 7 heteroatoms. The van der Waals surface area contributed by atoms with Crippen molar-refractivity contribution >= 4 is 10.0 Å². The zero-order valence-corrected chi connectivity index (χ0v) is 14.6. The first-order valence-electron chi connectivity index (χ1n) is 7.99. The topological polar surface area (TPSA) is 68.3 Å². The van der Waals surface area contributed by atoms with Crippen LogP contribution in [0, 0.1) is 13.8 Å². The molecule has 23 heavy (non-hydrogen) atoms. The summed E-state index contributed by atoms with van der Waals surface area (Å²) in [7, 11) is -1.67. The second-order valence-corrected chi connectivity index (χ2v) is 8.01. The fourth-order valence-electron chi connectivity index (χ4n) is 3.45.